The number of nitrogens with two attached hydrogens (primary N) is 1. The summed E-state index contributed by atoms with van der Waals surface area (Å²) >= 11 is 0. The van der Waals surface area contributed by atoms with Gasteiger partial charge in [-0.25, -0.2) is 4.98 Å². The van der Waals surface area contributed by atoms with Gasteiger partial charge in [0.05, 0.1) is 12.7 Å². The smallest absolute Gasteiger partial charge is 0.406 e. The summed E-state index contributed by atoms with van der Waals surface area (Å²) in [6.45, 7) is 3.14. The fourth-order valence-corrected chi connectivity index (χ4v) is 4.35. The number of aryl methyl sites for hydroxylation is 1. The Bertz CT molecular complexity index is 1410. The van der Waals surface area contributed by atoms with E-state index >= 15 is 0 Å². The molecule has 5 rings (SSSR count). The predicted octanol–water partition coefficient (Wildman–Crippen LogP) is 4.94. The Labute approximate surface area is 204 Å². The summed E-state index contributed by atoms with van der Waals surface area (Å²) in [6, 6.07) is 13.2. The van der Waals surface area contributed by atoms with E-state index < -0.39 is 6.36 Å². The van der Waals surface area contributed by atoms with Crippen LogP contribution in [0.2, 0.25) is 0 Å². The zero-order valence-electron chi connectivity index (χ0n) is 19.3. The molecule has 0 bridgehead atoms. The summed E-state index contributed by atoms with van der Waals surface area (Å²) in [4.78, 5) is 18.9. The van der Waals surface area contributed by atoms with Crippen LogP contribution in [0.5, 0.6) is 5.75 Å². The van der Waals surface area contributed by atoms with Crippen molar-refractivity contribution >= 4 is 11.7 Å². The van der Waals surface area contributed by atoms with Crippen molar-refractivity contribution in [2.45, 2.75) is 32.9 Å². The molecule has 0 saturated heterocycles. The lowest BCUT2D eigenvalue weighted by molar-refractivity contribution is -0.274. The second-order valence-corrected chi connectivity index (χ2v) is 8.70. The molecule has 0 saturated carbocycles. The molecule has 0 unspecified atom stereocenters. The van der Waals surface area contributed by atoms with E-state index in [4.69, 9.17) is 5.73 Å². The van der Waals surface area contributed by atoms with Gasteiger partial charge in [-0.05, 0) is 59.0 Å². The first-order valence-corrected chi connectivity index (χ1v) is 11.2. The van der Waals surface area contributed by atoms with Crippen molar-refractivity contribution < 1.29 is 22.7 Å². The number of nitrogens with zero attached hydrogens (tertiary/aromatic N) is 4. The second-order valence-electron chi connectivity index (χ2n) is 8.70. The minimum Gasteiger partial charge on any atom is -0.406 e. The molecule has 0 aliphatic carbocycles. The Hall–Kier alpha value is -4.34. The molecule has 0 spiro atoms. The van der Waals surface area contributed by atoms with Crippen LogP contribution in [-0.4, -0.2) is 31.9 Å². The van der Waals surface area contributed by atoms with Gasteiger partial charge in [0.15, 0.2) is 0 Å². The molecule has 7 nitrogen and oxygen atoms in total. The highest BCUT2D eigenvalue weighted by molar-refractivity contribution is 6.00. The van der Waals surface area contributed by atoms with Gasteiger partial charge in [0, 0.05) is 36.6 Å². The predicted molar refractivity (Wildman–Crippen MR) is 127 cm³/mol. The van der Waals surface area contributed by atoms with Crippen molar-refractivity contribution in [1.29, 1.82) is 0 Å². The number of anilines is 1. The topological polar surface area (TPSA) is 86.3 Å². The van der Waals surface area contributed by atoms with Gasteiger partial charge in [-0.2, -0.15) is 5.10 Å². The quantitative estimate of drug-likeness (QED) is 0.411. The van der Waals surface area contributed by atoms with Crippen molar-refractivity contribution in [3.05, 3.63) is 94.9 Å². The van der Waals surface area contributed by atoms with Gasteiger partial charge >= 0.3 is 6.36 Å². The molecule has 3 heterocycles. The van der Waals surface area contributed by atoms with Gasteiger partial charge in [-0.1, -0.05) is 24.3 Å². The molecular weight excluding hydrogens is 471 g/mol. The molecule has 2 N–H and O–H groups in total. The number of rotatable bonds is 6. The number of hydrogen-bond acceptors (Lipinski definition) is 5. The third-order valence-corrected chi connectivity index (χ3v) is 5.97. The molecule has 10 heteroatoms. The van der Waals surface area contributed by atoms with E-state index in [0.717, 1.165) is 27.8 Å². The number of pyridine rings is 1. The van der Waals surface area contributed by atoms with Crippen LogP contribution >= 0.6 is 0 Å². The number of nitrogen functional groups attached to an aromatic ring is 1. The van der Waals surface area contributed by atoms with Crippen molar-refractivity contribution in [3.63, 3.8) is 0 Å². The normalized spacial score (nSPS) is 13.2. The molecule has 36 heavy (non-hydrogen) atoms. The highest BCUT2D eigenvalue weighted by atomic mass is 19.4. The zero-order valence-corrected chi connectivity index (χ0v) is 19.3. The first-order chi connectivity index (χ1) is 17.1. The highest BCUT2D eigenvalue weighted by Gasteiger charge is 2.32. The number of alkyl halides is 3. The standard InChI is InChI=1S/C26H22F3N5O2/c1-16-8-19(21-11-32-34(15-21)13-18-4-7-23(30)31-10-18)9-20-14-33(25(35)24(16)20)12-17-2-5-22(6-3-17)36-26(27,28)29/h2-11,15H,12-14H2,1H3,(H2,30,31). The average molecular weight is 493 g/mol. The summed E-state index contributed by atoms with van der Waals surface area (Å²) in [6.07, 6.45) is 0.697. The number of ether oxygens (including phenoxy) is 1. The molecule has 1 aliphatic heterocycles. The first-order valence-electron chi connectivity index (χ1n) is 11.2. The lowest BCUT2D eigenvalue weighted by Crippen LogP contribution is -2.23. The summed E-state index contributed by atoms with van der Waals surface area (Å²) in [5.41, 5.74) is 11.6. The van der Waals surface area contributed by atoms with E-state index in [-0.39, 0.29) is 18.2 Å². The fraction of sp³-hybridized carbons (Fsp3) is 0.192. The fourth-order valence-electron chi connectivity index (χ4n) is 4.35. The number of carbonyl (C=O) groups excluding carboxylic acids is 1. The van der Waals surface area contributed by atoms with Crippen LogP contribution in [-0.2, 0) is 19.6 Å². The van der Waals surface area contributed by atoms with Gasteiger partial charge < -0.3 is 15.4 Å². The van der Waals surface area contributed by atoms with Crippen LogP contribution in [0.3, 0.4) is 0 Å². The average Bonchev–Trinajstić information content (AvgIpc) is 3.40. The van der Waals surface area contributed by atoms with E-state index in [2.05, 4.69) is 14.8 Å². The third kappa shape index (κ3) is 5.02. The lowest BCUT2D eigenvalue weighted by Gasteiger charge is -2.16. The number of hydrogen-bond donors (Lipinski definition) is 1. The Balaban J connectivity index is 1.31. The van der Waals surface area contributed by atoms with E-state index in [1.54, 1.807) is 23.4 Å². The SMILES string of the molecule is Cc1cc(-c2cnn(Cc3ccc(N)nc3)c2)cc2c1C(=O)N(Cc1ccc(OC(F)(F)F)cc1)C2. The Morgan fingerprint density at radius 2 is 1.75 bits per heavy atom. The number of halogens is 3. The molecule has 4 aromatic rings. The van der Waals surface area contributed by atoms with Crippen molar-refractivity contribution in [3.8, 4) is 16.9 Å². The Morgan fingerprint density at radius 1 is 1.00 bits per heavy atom. The summed E-state index contributed by atoms with van der Waals surface area (Å²) < 4.78 is 42.9. The van der Waals surface area contributed by atoms with Gasteiger partial charge in [0.2, 0.25) is 0 Å². The number of fused-ring (bicyclic) bond motifs is 1. The van der Waals surface area contributed by atoms with E-state index in [9.17, 15) is 18.0 Å². The number of benzene rings is 2. The second kappa shape index (κ2) is 9.03. The molecule has 2 aromatic carbocycles. The maximum Gasteiger partial charge on any atom is 0.573 e. The van der Waals surface area contributed by atoms with Crippen molar-refractivity contribution in [1.82, 2.24) is 19.7 Å². The molecule has 2 aromatic heterocycles. The van der Waals surface area contributed by atoms with Crippen LogP contribution in [0.15, 0.2) is 67.1 Å². The van der Waals surface area contributed by atoms with Gasteiger partial charge in [-0.3, -0.25) is 9.48 Å². The number of aromatic nitrogens is 3. The molecule has 1 amide bonds. The monoisotopic (exact) mass is 493 g/mol. The molecule has 184 valence electrons. The Morgan fingerprint density at radius 3 is 2.44 bits per heavy atom. The summed E-state index contributed by atoms with van der Waals surface area (Å²) in [5.74, 6) is 0.0665. The number of carbonyl (C=O) groups is 1. The van der Waals surface area contributed by atoms with Crippen LogP contribution in [0, 0.1) is 6.92 Å². The van der Waals surface area contributed by atoms with Crippen LogP contribution < -0.4 is 10.5 Å². The summed E-state index contributed by atoms with van der Waals surface area (Å²) in [7, 11) is 0. The molecular formula is C26H22F3N5O2. The van der Waals surface area contributed by atoms with E-state index in [1.807, 2.05) is 36.0 Å². The lowest BCUT2D eigenvalue weighted by atomic mass is 9.98. The van der Waals surface area contributed by atoms with Crippen LogP contribution in [0.4, 0.5) is 19.0 Å². The van der Waals surface area contributed by atoms with Gasteiger partial charge in [0.1, 0.15) is 11.6 Å². The van der Waals surface area contributed by atoms with Gasteiger partial charge in [-0.15, -0.1) is 13.2 Å². The molecule has 0 fully saturated rings. The number of amides is 1. The Kier molecular flexibility index (Phi) is 5.87. The molecule has 1 aliphatic rings. The zero-order chi connectivity index (χ0) is 25.4. The van der Waals surface area contributed by atoms with E-state index in [0.29, 0.717) is 30.0 Å². The van der Waals surface area contributed by atoms with Crippen LogP contribution in [0.1, 0.15) is 32.6 Å². The summed E-state index contributed by atoms with van der Waals surface area (Å²) in [5, 5.41) is 4.45. The molecule has 0 radical (unpaired) electrons. The minimum atomic E-state index is -4.74. The maximum absolute atomic E-state index is 13.1. The third-order valence-electron chi connectivity index (χ3n) is 5.97. The first kappa shape index (κ1) is 23.4. The van der Waals surface area contributed by atoms with E-state index in [1.165, 1.54) is 24.3 Å². The van der Waals surface area contributed by atoms with Gasteiger partial charge in [0.25, 0.3) is 5.91 Å². The van der Waals surface area contributed by atoms with Crippen molar-refractivity contribution in [2.75, 3.05) is 5.73 Å². The van der Waals surface area contributed by atoms with Crippen molar-refractivity contribution in [2.24, 2.45) is 0 Å². The molecule has 0 atom stereocenters. The highest BCUT2D eigenvalue weighted by Crippen LogP contribution is 2.32. The van der Waals surface area contributed by atoms with Crippen LogP contribution in [0.25, 0.3) is 11.1 Å². The largest absolute Gasteiger partial charge is 0.573 e. The maximum atomic E-state index is 13.1. The minimum absolute atomic E-state index is 0.101.